The third-order valence-corrected chi connectivity index (χ3v) is 8.64. The summed E-state index contributed by atoms with van der Waals surface area (Å²) in [6.45, 7) is 1.39. The van der Waals surface area contributed by atoms with Crippen LogP contribution in [0.4, 0.5) is 10.8 Å². The molecule has 9 nitrogen and oxygen atoms in total. The fraction of sp³-hybridized carbons (Fsp3) is 0.250. The molecule has 3 heterocycles. The van der Waals surface area contributed by atoms with Gasteiger partial charge in [0.25, 0.3) is 5.69 Å². The Labute approximate surface area is 179 Å². The number of aromatic nitrogens is 2. The number of sulfonamides is 1. The highest BCUT2D eigenvalue weighted by atomic mass is 35.5. The predicted molar refractivity (Wildman–Crippen MR) is 112 cm³/mol. The molecule has 29 heavy (non-hydrogen) atoms. The van der Waals surface area contributed by atoms with Crippen LogP contribution in [0.2, 0.25) is 5.02 Å². The van der Waals surface area contributed by atoms with Gasteiger partial charge in [0.05, 0.1) is 14.7 Å². The van der Waals surface area contributed by atoms with Crippen LogP contribution in [0.5, 0.6) is 0 Å². The number of hydrogen-bond donors (Lipinski definition) is 0. The van der Waals surface area contributed by atoms with Crippen LogP contribution in [-0.4, -0.2) is 54.0 Å². The second kappa shape index (κ2) is 7.95. The average molecular weight is 472 g/mol. The lowest BCUT2D eigenvalue weighted by Crippen LogP contribution is -2.48. The van der Waals surface area contributed by atoms with Crippen LogP contribution >= 0.6 is 34.3 Å². The number of hydrogen-bond acceptors (Lipinski definition) is 9. The predicted octanol–water partition coefficient (Wildman–Crippen LogP) is 3.34. The minimum atomic E-state index is -3.86. The van der Waals surface area contributed by atoms with Gasteiger partial charge < -0.3 is 4.90 Å². The zero-order valence-electron chi connectivity index (χ0n) is 14.8. The number of rotatable bonds is 5. The van der Waals surface area contributed by atoms with Crippen molar-refractivity contribution in [1.29, 1.82) is 0 Å². The van der Waals surface area contributed by atoms with Crippen LogP contribution in [0.15, 0.2) is 40.6 Å². The van der Waals surface area contributed by atoms with Gasteiger partial charge in [0.1, 0.15) is 5.02 Å². The fourth-order valence-corrected chi connectivity index (χ4v) is 6.22. The number of piperazine rings is 1. The van der Waals surface area contributed by atoms with Crippen molar-refractivity contribution < 1.29 is 13.3 Å². The lowest BCUT2D eigenvalue weighted by Gasteiger charge is -2.33. The van der Waals surface area contributed by atoms with Crippen molar-refractivity contribution in [3.8, 4) is 9.88 Å². The Morgan fingerprint density at radius 1 is 1.14 bits per heavy atom. The molecule has 152 valence electrons. The van der Waals surface area contributed by atoms with Gasteiger partial charge in [-0.2, -0.15) is 4.31 Å². The summed E-state index contributed by atoms with van der Waals surface area (Å²) in [7, 11) is -3.86. The van der Waals surface area contributed by atoms with E-state index in [1.54, 1.807) is 11.3 Å². The van der Waals surface area contributed by atoms with Gasteiger partial charge in [0, 0.05) is 32.2 Å². The molecule has 1 fully saturated rings. The van der Waals surface area contributed by atoms with Gasteiger partial charge in [-0.25, -0.2) is 8.42 Å². The third kappa shape index (κ3) is 3.98. The normalized spacial score (nSPS) is 15.6. The number of anilines is 1. The molecule has 3 aromatic rings. The van der Waals surface area contributed by atoms with Crippen LogP contribution in [0.3, 0.4) is 0 Å². The quantitative estimate of drug-likeness (QED) is 0.414. The van der Waals surface area contributed by atoms with Gasteiger partial charge in [-0.1, -0.05) is 29.0 Å². The Morgan fingerprint density at radius 3 is 2.55 bits per heavy atom. The van der Waals surface area contributed by atoms with Gasteiger partial charge in [0.2, 0.25) is 15.2 Å². The van der Waals surface area contributed by atoms with Crippen LogP contribution in [0.1, 0.15) is 0 Å². The molecule has 0 spiro atoms. The monoisotopic (exact) mass is 471 g/mol. The fourth-order valence-electron chi connectivity index (χ4n) is 2.90. The van der Waals surface area contributed by atoms with Gasteiger partial charge in [-0.3, -0.25) is 10.1 Å². The first-order valence-corrected chi connectivity index (χ1v) is 11.9. The molecule has 0 amide bonds. The topological polar surface area (TPSA) is 110 Å². The lowest BCUT2D eigenvalue weighted by molar-refractivity contribution is -0.384. The molecule has 0 aliphatic carbocycles. The minimum Gasteiger partial charge on any atom is -0.344 e. The maximum absolute atomic E-state index is 12.9. The molecule has 0 bridgehead atoms. The Kier molecular flexibility index (Phi) is 5.53. The zero-order chi connectivity index (χ0) is 20.6. The molecule has 0 N–H and O–H groups in total. The second-order valence-corrected chi connectivity index (χ2v) is 10.4. The Morgan fingerprint density at radius 2 is 1.90 bits per heavy atom. The van der Waals surface area contributed by atoms with E-state index in [9.17, 15) is 18.5 Å². The Balaban J connectivity index is 1.48. The van der Waals surface area contributed by atoms with E-state index >= 15 is 0 Å². The summed E-state index contributed by atoms with van der Waals surface area (Å²) in [5, 5.41) is 22.9. The molecule has 1 saturated heterocycles. The van der Waals surface area contributed by atoms with Crippen LogP contribution in [0.25, 0.3) is 9.88 Å². The highest BCUT2D eigenvalue weighted by molar-refractivity contribution is 7.89. The summed E-state index contributed by atoms with van der Waals surface area (Å²) in [6.07, 6.45) is 0. The number of halogens is 1. The van der Waals surface area contributed by atoms with Crippen molar-refractivity contribution in [2.75, 3.05) is 31.1 Å². The number of nitro benzene ring substituents is 1. The molecule has 1 aliphatic heterocycles. The maximum Gasteiger partial charge on any atom is 0.289 e. The van der Waals surface area contributed by atoms with Gasteiger partial charge in [-0.15, -0.1) is 21.5 Å². The molecule has 0 atom stereocenters. The van der Waals surface area contributed by atoms with E-state index in [1.165, 1.54) is 27.8 Å². The molecule has 0 radical (unpaired) electrons. The van der Waals surface area contributed by atoms with Gasteiger partial charge >= 0.3 is 0 Å². The molecule has 1 aromatic carbocycles. The van der Waals surface area contributed by atoms with Crippen LogP contribution < -0.4 is 4.90 Å². The number of benzene rings is 1. The van der Waals surface area contributed by atoms with E-state index in [1.807, 2.05) is 22.4 Å². The third-order valence-electron chi connectivity index (χ3n) is 4.41. The summed E-state index contributed by atoms with van der Waals surface area (Å²) >= 11 is 8.84. The Bertz CT molecular complexity index is 1140. The summed E-state index contributed by atoms with van der Waals surface area (Å²) in [5.74, 6) is 0. The smallest absolute Gasteiger partial charge is 0.289 e. The first-order valence-electron chi connectivity index (χ1n) is 8.42. The summed E-state index contributed by atoms with van der Waals surface area (Å²) in [5.41, 5.74) is -0.429. The zero-order valence-corrected chi connectivity index (χ0v) is 18.0. The van der Waals surface area contributed by atoms with E-state index in [-0.39, 0.29) is 23.0 Å². The molecule has 4 rings (SSSR count). The first kappa shape index (κ1) is 20.2. The average Bonchev–Trinajstić information content (AvgIpc) is 3.40. The van der Waals surface area contributed by atoms with Crippen molar-refractivity contribution in [2.24, 2.45) is 0 Å². The molecule has 0 unspecified atom stereocenters. The number of thiophene rings is 1. The second-order valence-electron chi connectivity index (χ2n) is 6.13. The van der Waals surface area contributed by atoms with Crippen molar-refractivity contribution in [1.82, 2.24) is 14.5 Å². The first-order chi connectivity index (χ1) is 13.9. The summed E-state index contributed by atoms with van der Waals surface area (Å²) in [4.78, 5) is 13.3. The molecule has 2 aromatic heterocycles. The van der Waals surface area contributed by atoms with E-state index in [4.69, 9.17) is 11.6 Å². The van der Waals surface area contributed by atoms with Crippen molar-refractivity contribution in [3.63, 3.8) is 0 Å². The maximum atomic E-state index is 12.9. The summed E-state index contributed by atoms with van der Waals surface area (Å²) < 4.78 is 27.1. The molecular weight excluding hydrogens is 458 g/mol. The van der Waals surface area contributed by atoms with Crippen LogP contribution in [0, 0.1) is 10.1 Å². The van der Waals surface area contributed by atoms with Crippen molar-refractivity contribution in [3.05, 3.63) is 50.8 Å². The Hall–Kier alpha value is -2.12. The number of nitro groups is 1. The molecular formula is C16H14ClN5O4S3. The minimum absolute atomic E-state index is 0.100. The van der Waals surface area contributed by atoms with Crippen molar-refractivity contribution in [2.45, 2.75) is 4.90 Å². The highest BCUT2D eigenvalue weighted by Gasteiger charge is 2.31. The van der Waals surface area contributed by atoms with E-state index in [2.05, 4.69) is 10.2 Å². The molecule has 13 heteroatoms. The molecule has 0 saturated carbocycles. The van der Waals surface area contributed by atoms with Crippen molar-refractivity contribution >= 4 is 55.1 Å². The molecule has 1 aliphatic rings. The SMILES string of the molecule is O=[N+]([O-])c1cc(S(=O)(=O)N2CCN(c3nnc(-c4cccs4)s3)CC2)ccc1Cl. The van der Waals surface area contributed by atoms with E-state index in [0.29, 0.717) is 13.1 Å². The van der Waals surface area contributed by atoms with Gasteiger partial charge in [-0.05, 0) is 23.6 Å². The highest BCUT2D eigenvalue weighted by Crippen LogP contribution is 2.33. The lowest BCUT2D eigenvalue weighted by atomic mass is 10.3. The van der Waals surface area contributed by atoms with Crippen LogP contribution in [-0.2, 0) is 10.0 Å². The largest absolute Gasteiger partial charge is 0.344 e. The van der Waals surface area contributed by atoms with Gasteiger partial charge in [0.15, 0.2) is 5.01 Å². The van der Waals surface area contributed by atoms with E-state index < -0.39 is 20.6 Å². The summed E-state index contributed by atoms with van der Waals surface area (Å²) in [6, 6.07) is 7.45. The van der Waals surface area contributed by atoms with E-state index in [0.717, 1.165) is 21.1 Å². The number of nitrogens with zero attached hydrogens (tertiary/aromatic N) is 5. The standard InChI is InChI=1S/C16H14ClN5O4S3/c17-12-4-3-11(10-13(12)22(23)24)29(25,26)21-7-5-20(6-8-21)16-19-18-15(28-16)14-2-1-9-27-14/h1-4,9-10H,5-8H2.